The molecular formula is C29H50O7Si. The highest BCUT2D eigenvalue weighted by Gasteiger charge is 2.39. The molecule has 0 aliphatic carbocycles. The van der Waals surface area contributed by atoms with E-state index in [1.165, 1.54) is 7.11 Å². The van der Waals surface area contributed by atoms with Crippen LogP contribution in [0.3, 0.4) is 0 Å². The number of allylic oxidation sites excluding steroid dienone is 1. The summed E-state index contributed by atoms with van der Waals surface area (Å²) < 4.78 is 32.6. The number of unbranched alkanes of at least 4 members (excludes halogenated alkanes) is 5. The van der Waals surface area contributed by atoms with E-state index in [9.17, 15) is 4.79 Å². The summed E-state index contributed by atoms with van der Waals surface area (Å²) in [6.45, 7) is 13.3. The average Bonchev–Trinajstić information content (AvgIpc) is 2.83. The molecule has 0 amide bonds. The minimum absolute atomic E-state index is 0.0864. The van der Waals surface area contributed by atoms with Crippen LogP contribution in [-0.2, 0) is 32.9 Å². The smallest absolute Gasteiger partial charge is 0.305 e. The summed E-state index contributed by atoms with van der Waals surface area (Å²) in [7, 11) is 2.61. The molecule has 0 aliphatic heterocycles. The second kappa shape index (κ2) is 20.3. The summed E-state index contributed by atoms with van der Waals surface area (Å²) in [5, 5.41) is 0.0864. The van der Waals surface area contributed by atoms with Gasteiger partial charge in [-0.2, -0.15) is 0 Å². The highest BCUT2D eigenvalue weighted by molar-refractivity contribution is 6.74. The number of ether oxygens (including phenoxy) is 5. The van der Waals surface area contributed by atoms with Crippen molar-refractivity contribution in [3.63, 3.8) is 0 Å². The van der Waals surface area contributed by atoms with Crippen LogP contribution in [-0.4, -0.2) is 67.5 Å². The summed E-state index contributed by atoms with van der Waals surface area (Å²) in [6.07, 6.45) is 9.59. The Balaban J connectivity index is 4.92. The molecular weight excluding hydrogens is 488 g/mol. The van der Waals surface area contributed by atoms with Crippen molar-refractivity contribution in [1.29, 1.82) is 0 Å². The molecule has 8 heteroatoms. The highest BCUT2D eigenvalue weighted by Crippen LogP contribution is 2.37. The summed E-state index contributed by atoms with van der Waals surface area (Å²) in [5.41, 5.74) is 0. The molecule has 0 bridgehead atoms. The van der Waals surface area contributed by atoms with Crippen LogP contribution in [0.5, 0.6) is 0 Å². The van der Waals surface area contributed by atoms with E-state index in [0.717, 1.165) is 38.5 Å². The Bertz CT molecular complexity index is 765. The van der Waals surface area contributed by atoms with Gasteiger partial charge in [-0.3, -0.25) is 4.79 Å². The lowest BCUT2D eigenvalue weighted by Gasteiger charge is -2.39. The van der Waals surface area contributed by atoms with Gasteiger partial charge in [0.15, 0.2) is 8.32 Å². The van der Waals surface area contributed by atoms with Gasteiger partial charge in [0.05, 0.1) is 13.2 Å². The minimum atomic E-state index is -1.97. The lowest BCUT2D eigenvalue weighted by Crippen LogP contribution is -2.46. The number of carbonyl (C=O) groups is 1. The average molecular weight is 539 g/mol. The molecule has 0 aromatic heterocycles. The first-order valence-electron chi connectivity index (χ1n) is 13.1. The van der Waals surface area contributed by atoms with Gasteiger partial charge in [-0.25, -0.2) is 0 Å². The lowest BCUT2D eigenvalue weighted by atomic mass is 10.1. The van der Waals surface area contributed by atoms with E-state index in [1.54, 1.807) is 14.2 Å². The van der Waals surface area contributed by atoms with E-state index >= 15 is 0 Å². The molecule has 0 spiro atoms. The molecule has 0 unspecified atom stereocenters. The quantitative estimate of drug-likeness (QED) is 0.0542. The Kier molecular flexibility index (Phi) is 19.4. The molecule has 37 heavy (non-hydrogen) atoms. The molecule has 7 nitrogen and oxygen atoms in total. The van der Waals surface area contributed by atoms with Crippen LogP contribution in [0, 0.1) is 23.7 Å². The van der Waals surface area contributed by atoms with E-state index in [4.69, 9.17) is 23.4 Å². The first kappa shape index (κ1) is 35.3. The number of hydrogen-bond acceptors (Lipinski definition) is 7. The van der Waals surface area contributed by atoms with Gasteiger partial charge in [-0.1, -0.05) is 58.0 Å². The van der Waals surface area contributed by atoms with Crippen molar-refractivity contribution in [3.8, 4) is 23.7 Å². The van der Waals surface area contributed by atoms with E-state index in [2.05, 4.69) is 68.4 Å². The SMILES string of the molecule is COCO[C@@H](C#CC#C[C@@H](/C=C\CCCCCCCC(=O)OC)OCOC)[C@@H](C)O[Si](C)(C)C(C)(C)C. The Labute approximate surface area is 227 Å². The Hall–Kier alpha value is -1.65. The maximum Gasteiger partial charge on any atom is 0.305 e. The van der Waals surface area contributed by atoms with Crippen LogP contribution in [0.25, 0.3) is 0 Å². The molecule has 0 heterocycles. The molecule has 0 N–H and O–H groups in total. The fourth-order valence-electron chi connectivity index (χ4n) is 3.02. The third kappa shape index (κ3) is 17.5. The van der Waals surface area contributed by atoms with Crippen molar-refractivity contribution in [1.82, 2.24) is 0 Å². The van der Waals surface area contributed by atoms with E-state index in [1.807, 2.05) is 13.0 Å². The number of rotatable bonds is 18. The minimum Gasteiger partial charge on any atom is -0.469 e. The van der Waals surface area contributed by atoms with Gasteiger partial charge in [0.25, 0.3) is 0 Å². The predicted molar refractivity (Wildman–Crippen MR) is 150 cm³/mol. The van der Waals surface area contributed by atoms with E-state index in [-0.39, 0.29) is 30.7 Å². The first-order valence-corrected chi connectivity index (χ1v) is 16.0. The number of hydrogen-bond donors (Lipinski definition) is 0. The molecule has 0 aromatic rings. The van der Waals surface area contributed by atoms with Crippen LogP contribution in [0.15, 0.2) is 12.2 Å². The zero-order valence-electron chi connectivity index (χ0n) is 24.6. The second-order valence-corrected chi connectivity index (χ2v) is 15.2. The summed E-state index contributed by atoms with van der Waals surface area (Å²) in [5.74, 6) is 11.8. The Morgan fingerprint density at radius 1 is 0.892 bits per heavy atom. The third-order valence-electron chi connectivity index (χ3n) is 6.23. The van der Waals surface area contributed by atoms with Crippen LogP contribution in [0.1, 0.15) is 72.6 Å². The topological polar surface area (TPSA) is 72.5 Å². The van der Waals surface area contributed by atoms with Gasteiger partial charge in [-0.15, -0.1) is 0 Å². The van der Waals surface area contributed by atoms with Crippen molar-refractivity contribution in [2.24, 2.45) is 0 Å². The zero-order valence-corrected chi connectivity index (χ0v) is 25.6. The van der Waals surface area contributed by atoms with Gasteiger partial charge >= 0.3 is 5.97 Å². The van der Waals surface area contributed by atoms with Crippen LogP contribution < -0.4 is 0 Å². The van der Waals surface area contributed by atoms with Crippen LogP contribution in [0.4, 0.5) is 0 Å². The van der Waals surface area contributed by atoms with Crippen molar-refractivity contribution in [2.75, 3.05) is 34.9 Å². The van der Waals surface area contributed by atoms with E-state index < -0.39 is 20.5 Å². The molecule has 3 atom stereocenters. The van der Waals surface area contributed by atoms with Gasteiger partial charge in [0, 0.05) is 20.6 Å². The molecule has 0 aliphatic rings. The number of carbonyl (C=O) groups excluding carboxylic acids is 1. The Morgan fingerprint density at radius 3 is 2.11 bits per heavy atom. The number of esters is 1. The fourth-order valence-corrected chi connectivity index (χ4v) is 4.43. The zero-order chi connectivity index (χ0) is 28.2. The summed E-state index contributed by atoms with van der Waals surface area (Å²) >= 11 is 0. The molecule has 212 valence electrons. The molecule has 0 fully saturated rings. The van der Waals surface area contributed by atoms with Crippen LogP contribution in [0.2, 0.25) is 18.1 Å². The standard InChI is InChI=1S/C29H50O7Si/c1-25(36-37(8,9)29(2,3)4)27(35-24-32-6)21-18-17-20-26(34-23-31-5)19-15-13-11-10-12-14-16-22-28(30)33-7/h15,19,25-27H,10-14,16,22-24H2,1-9H3/b19-15-/t25-,26-,27+/m1/s1. The number of methoxy groups -OCH3 is 3. The molecule has 0 rings (SSSR count). The second-order valence-electron chi connectivity index (χ2n) is 10.4. The maximum atomic E-state index is 11.1. The van der Waals surface area contributed by atoms with Gasteiger partial charge in [0.1, 0.15) is 25.8 Å². The van der Waals surface area contributed by atoms with Gasteiger partial charge < -0.3 is 28.1 Å². The summed E-state index contributed by atoms with van der Waals surface area (Å²) in [6, 6.07) is 0. The van der Waals surface area contributed by atoms with Crippen molar-refractivity contribution in [2.45, 2.75) is 109 Å². The largest absolute Gasteiger partial charge is 0.469 e. The van der Waals surface area contributed by atoms with Gasteiger partial charge in [-0.05, 0) is 62.2 Å². The van der Waals surface area contributed by atoms with Crippen molar-refractivity contribution < 1.29 is 32.9 Å². The Morgan fingerprint density at radius 2 is 1.49 bits per heavy atom. The molecule has 0 saturated carbocycles. The molecule has 0 saturated heterocycles. The highest BCUT2D eigenvalue weighted by atomic mass is 28.4. The van der Waals surface area contributed by atoms with Crippen molar-refractivity contribution >= 4 is 14.3 Å². The van der Waals surface area contributed by atoms with Crippen LogP contribution >= 0.6 is 0 Å². The third-order valence-corrected chi connectivity index (χ3v) is 10.8. The molecule has 0 radical (unpaired) electrons. The monoisotopic (exact) mass is 538 g/mol. The van der Waals surface area contributed by atoms with Gasteiger partial charge in [0.2, 0.25) is 0 Å². The normalized spacial score (nSPS) is 14.3. The van der Waals surface area contributed by atoms with E-state index in [0.29, 0.717) is 6.42 Å². The fraction of sp³-hybridized carbons (Fsp3) is 0.759. The predicted octanol–water partition coefficient (Wildman–Crippen LogP) is 5.84. The lowest BCUT2D eigenvalue weighted by molar-refractivity contribution is -0.140. The summed E-state index contributed by atoms with van der Waals surface area (Å²) in [4.78, 5) is 11.1. The van der Waals surface area contributed by atoms with Crippen molar-refractivity contribution in [3.05, 3.63) is 12.2 Å². The maximum absolute atomic E-state index is 11.1. The first-order chi connectivity index (χ1) is 17.5. The molecule has 0 aromatic carbocycles.